The highest BCUT2D eigenvalue weighted by Gasteiger charge is 2.17. The maximum atomic E-state index is 6.64. The molecule has 1 aliphatic heterocycles. The van der Waals surface area contributed by atoms with Crippen molar-refractivity contribution >= 4 is 93.7 Å². The monoisotopic (exact) mass is 558 g/mol. The molecule has 8 heteroatoms. The van der Waals surface area contributed by atoms with Gasteiger partial charge in [-0.25, -0.2) is 0 Å². The van der Waals surface area contributed by atoms with Gasteiger partial charge in [-0.2, -0.15) is 0 Å². The molecule has 4 aromatic carbocycles. The molecule has 0 atom stereocenters. The van der Waals surface area contributed by atoms with Crippen LogP contribution in [0.15, 0.2) is 102 Å². The van der Waals surface area contributed by atoms with E-state index in [9.17, 15) is 0 Å². The van der Waals surface area contributed by atoms with Gasteiger partial charge in [0, 0.05) is 53.2 Å². The molecular formula is C26H14Cl4N2S2. The van der Waals surface area contributed by atoms with Gasteiger partial charge in [0.25, 0.3) is 0 Å². The molecule has 0 aliphatic carbocycles. The predicted molar refractivity (Wildman–Crippen MR) is 149 cm³/mol. The Kier molecular flexibility index (Phi) is 7.26. The fourth-order valence-electron chi connectivity index (χ4n) is 3.37. The van der Waals surface area contributed by atoms with Gasteiger partial charge in [-0.3, -0.25) is 9.98 Å². The Balaban J connectivity index is 1.77. The third-order valence-electron chi connectivity index (χ3n) is 4.91. The highest BCUT2D eigenvalue weighted by Crippen LogP contribution is 2.44. The second-order valence-corrected chi connectivity index (χ2v) is 11.1. The zero-order chi connectivity index (χ0) is 23.7. The number of hydrogen-bond acceptors (Lipinski definition) is 4. The first kappa shape index (κ1) is 23.8. The second kappa shape index (κ2) is 10.4. The van der Waals surface area contributed by atoms with Crippen LogP contribution in [0.4, 0.5) is 11.4 Å². The molecule has 34 heavy (non-hydrogen) atoms. The van der Waals surface area contributed by atoms with Gasteiger partial charge in [-0.15, -0.1) is 0 Å². The Hall–Kier alpha value is -1.92. The van der Waals surface area contributed by atoms with E-state index in [2.05, 4.69) is 0 Å². The van der Waals surface area contributed by atoms with Gasteiger partial charge in [-0.05, 0) is 48.5 Å². The summed E-state index contributed by atoms with van der Waals surface area (Å²) in [6.45, 7) is 0. The molecule has 0 unspecified atom stereocenters. The first-order chi connectivity index (χ1) is 16.5. The summed E-state index contributed by atoms with van der Waals surface area (Å²) < 4.78 is 0. The molecule has 0 radical (unpaired) electrons. The lowest BCUT2D eigenvalue weighted by atomic mass is 10.2. The van der Waals surface area contributed by atoms with Gasteiger partial charge in [-0.1, -0.05) is 94.2 Å². The molecule has 0 aromatic heterocycles. The van der Waals surface area contributed by atoms with Crippen LogP contribution in [-0.2, 0) is 0 Å². The molecule has 4 aromatic rings. The fourth-order valence-corrected chi connectivity index (χ4v) is 6.57. The van der Waals surface area contributed by atoms with Crippen molar-refractivity contribution < 1.29 is 0 Å². The van der Waals surface area contributed by atoms with Crippen molar-refractivity contribution in [2.45, 2.75) is 19.6 Å². The SMILES string of the molecule is Clc1cc(Cl)c2c(c1)C=Nc1ccccc1Sc1ccccc1N=Cc1cc(Cl)cc(Cl)c1S2. The molecule has 0 saturated heterocycles. The molecule has 0 N–H and O–H groups in total. The first-order valence-corrected chi connectivity index (χ1v) is 13.2. The topological polar surface area (TPSA) is 24.7 Å². The van der Waals surface area contributed by atoms with Crippen LogP contribution in [0.5, 0.6) is 0 Å². The number of para-hydroxylation sites is 2. The highest BCUT2D eigenvalue weighted by molar-refractivity contribution is 8.00. The molecular weight excluding hydrogens is 546 g/mol. The van der Waals surface area contributed by atoms with Crippen molar-refractivity contribution in [3.63, 3.8) is 0 Å². The van der Waals surface area contributed by atoms with E-state index in [1.807, 2.05) is 60.7 Å². The summed E-state index contributed by atoms with van der Waals surface area (Å²) in [6.07, 6.45) is 3.57. The Morgan fingerprint density at radius 1 is 0.529 bits per heavy atom. The molecule has 2 nitrogen and oxygen atoms in total. The van der Waals surface area contributed by atoms with Crippen molar-refractivity contribution in [1.29, 1.82) is 0 Å². The summed E-state index contributed by atoms with van der Waals surface area (Å²) in [5.74, 6) is 0. The van der Waals surface area contributed by atoms with Gasteiger partial charge in [0.2, 0.25) is 0 Å². The minimum absolute atomic E-state index is 0.507. The molecule has 0 fully saturated rings. The van der Waals surface area contributed by atoms with Gasteiger partial charge < -0.3 is 0 Å². The molecule has 1 heterocycles. The number of benzene rings is 4. The lowest BCUT2D eigenvalue weighted by molar-refractivity contribution is 1.32. The Labute approximate surface area is 226 Å². The quantitative estimate of drug-likeness (QED) is 0.188. The zero-order valence-corrected chi connectivity index (χ0v) is 22.0. The van der Waals surface area contributed by atoms with Gasteiger partial charge >= 0.3 is 0 Å². The third-order valence-corrected chi connectivity index (χ3v) is 8.62. The Morgan fingerprint density at radius 2 is 0.971 bits per heavy atom. The summed E-state index contributed by atoms with van der Waals surface area (Å²) in [7, 11) is 0. The average molecular weight is 560 g/mol. The van der Waals surface area contributed by atoms with Gasteiger partial charge in [0.15, 0.2) is 0 Å². The van der Waals surface area contributed by atoms with Crippen molar-refractivity contribution in [1.82, 2.24) is 0 Å². The van der Waals surface area contributed by atoms with Crippen LogP contribution in [-0.4, -0.2) is 12.4 Å². The molecule has 1 aliphatic rings. The molecule has 0 bridgehead atoms. The predicted octanol–water partition coefficient (Wildman–Crippen LogP) is 10.4. The highest BCUT2D eigenvalue weighted by atomic mass is 35.5. The lowest BCUT2D eigenvalue weighted by Crippen LogP contribution is -1.93. The maximum Gasteiger partial charge on any atom is 0.0769 e. The minimum Gasteiger partial charge on any atom is -0.255 e. The number of hydrogen-bond donors (Lipinski definition) is 0. The van der Waals surface area contributed by atoms with Crippen molar-refractivity contribution in [2.75, 3.05) is 0 Å². The fraction of sp³-hybridized carbons (Fsp3) is 0. The van der Waals surface area contributed by atoms with Crippen molar-refractivity contribution in [2.24, 2.45) is 9.98 Å². The number of rotatable bonds is 0. The van der Waals surface area contributed by atoms with E-state index in [1.54, 1.807) is 36.3 Å². The third kappa shape index (κ3) is 5.18. The standard InChI is InChI=1S/C26H14Cl4N2S2/c27-17-9-15-13-31-21-5-1-3-7-23(21)33-24-8-4-2-6-22(24)32-14-16-10-18(28)12-20(30)26(16)34-25(15)19(29)11-17/h1-14H. The van der Waals surface area contributed by atoms with E-state index >= 15 is 0 Å². The Morgan fingerprint density at radius 3 is 1.44 bits per heavy atom. The lowest BCUT2D eigenvalue weighted by Gasteiger charge is -2.14. The molecule has 0 saturated carbocycles. The van der Waals surface area contributed by atoms with Crippen LogP contribution in [0.25, 0.3) is 0 Å². The zero-order valence-electron chi connectivity index (χ0n) is 17.3. The van der Waals surface area contributed by atoms with Crippen LogP contribution >= 0.6 is 69.9 Å². The number of aliphatic imine (C=N–C) groups is 2. The molecule has 0 spiro atoms. The Bertz CT molecular complexity index is 1360. The molecule has 0 amide bonds. The van der Waals surface area contributed by atoms with Gasteiger partial charge in [0.05, 0.1) is 21.4 Å². The summed E-state index contributed by atoms with van der Waals surface area (Å²) in [5, 5.41) is 2.07. The summed E-state index contributed by atoms with van der Waals surface area (Å²) >= 11 is 29.0. The number of fused-ring (bicyclic) bond motifs is 4. The van der Waals surface area contributed by atoms with E-state index in [0.717, 1.165) is 42.1 Å². The van der Waals surface area contributed by atoms with Crippen LogP contribution in [0.2, 0.25) is 20.1 Å². The maximum absolute atomic E-state index is 6.64. The van der Waals surface area contributed by atoms with E-state index in [4.69, 9.17) is 56.4 Å². The molecule has 168 valence electrons. The molecule has 5 rings (SSSR count). The minimum atomic E-state index is 0.507. The van der Waals surface area contributed by atoms with E-state index < -0.39 is 0 Å². The number of nitrogens with zero attached hydrogens (tertiary/aromatic N) is 2. The van der Waals surface area contributed by atoms with Crippen LogP contribution in [0.1, 0.15) is 11.1 Å². The van der Waals surface area contributed by atoms with Crippen molar-refractivity contribution in [3.05, 3.63) is 104 Å². The summed E-state index contributed by atoms with van der Waals surface area (Å²) in [5.41, 5.74) is 3.24. The average Bonchev–Trinajstić information content (AvgIpc) is 2.80. The summed E-state index contributed by atoms with van der Waals surface area (Å²) in [4.78, 5) is 13.2. The smallest absolute Gasteiger partial charge is 0.0769 e. The van der Waals surface area contributed by atoms with Crippen LogP contribution in [0.3, 0.4) is 0 Å². The normalized spacial score (nSPS) is 12.8. The van der Waals surface area contributed by atoms with E-state index in [-0.39, 0.29) is 0 Å². The van der Waals surface area contributed by atoms with Crippen LogP contribution in [0, 0.1) is 0 Å². The summed E-state index contributed by atoms with van der Waals surface area (Å²) in [6, 6.07) is 23.1. The van der Waals surface area contributed by atoms with Crippen LogP contribution < -0.4 is 0 Å². The van der Waals surface area contributed by atoms with E-state index in [0.29, 0.717) is 20.1 Å². The van der Waals surface area contributed by atoms with Gasteiger partial charge in [0.1, 0.15) is 0 Å². The van der Waals surface area contributed by atoms with Crippen molar-refractivity contribution in [3.8, 4) is 0 Å². The second-order valence-electron chi connectivity index (χ2n) is 7.27. The van der Waals surface area contributed by atoms with E-state index in [1.165, 1.54) is 11.8 Å². The first-order valence-electron chi connectivity index (χ1n) is 10.1. The largest absolute Gasteiger partial charge is 0.255 e. The number of halogens is 4.